The van der Waals surface area contributed by atoms with E-state index in [2.05, 4.69) is 205 Å². The molecule has 0 spiro atoms. The van der Waals surface area contributed by atoms with E-state index in [1.54, 1.807) is 0 Å². The summed E-state index contributed by atoms with van der Waals surface area (Å²) in [4.78, 5) is 2.47. The number of fused-ring (bicyclic) bond motifs is 6. The largest absolute Gasteiger partial charge is 0.309 e. The van der Waals surface area contributed by atoms with Gasteiger partial charge in [0.05, 0.1) is 10.4 Å². The highest BCUT2D eigenvalue weighted by Crippen LogP contribution is 2.48. The maximum Gasteiger partial charge on any atom is 0.0640 e. The molecule has 0 bridgehead atoms. The van der Waals surface area contributed by atoms with E-state index < -0.39 is 0 Å². The molecule has 0 amide bonds. The van der Waals surface area contributed by atoms with Crippen molar-refractivity contribution in [2.75, 3.05) is 4.90 Å². The molecule has 1 nitrogen and oxygen atoms in total. The highest BCUT2D eigenvalue weighted by Gasteiger charge is 2.21. The third-order valence-corrected chi connectivity index (χ3v) is 11.5. The van der Waals surface area contributed by atoms with Crippen molar-refractivity contribution < 1.29 is 0 Å². The number of hydrogen-bond acceptors (Lipinski definition) is 2. The lowest BCUT2D eigenvalue weighted by Gasteiger charge is -2.28. The molecule has 10 aromatic rings. The Hall–Kier alpha value is -6.48. The average molecular weight is 680 g/mol. The lowest BCUT2D eigenvalue weighted by atomic mass is 9.93. The Labute approximate surface area is 307 Å². The summed E-state index contributed by atoms with van der Waals surface area (Å²) in [5, 5.41) is 7.56. The number of hydrogen-bond donors (Lipinski definition) is 0. The van der Waals surface area contributed by atoms with Gasteiger partial charge in [-0.3, -0.25) is 0 Å². The maximum atomic E-state index is 2.47. The average Bonchev–Trinajstić information content (AvgIpc) is 3.62. The monoisotopic (exact) mass is 679 g/mol. The summed E-state index contributed by atoms with van der Waals surface area (Å²) >= 11 is 1.89. The second-order valence-corrected chi connectivity index (χ2v) is 14.3. The van der Waals surface area contributed by atoms with Gasteiger partial charge in [-0.1, -0.05) is 170 Å². The van der Waals surface area contributed by atoms with Crippen LogP contribution in [0.3, 0.4) is 0 Å². The maximum absolute atomic E-state index is 2.47. The molecule has 0 N–H and O–H groups in total. The zero-order chi connectivity index (χ0) is 34.4. The van der Waals surface area contributed by atoms with Gasteiger partial charge in [0, 0.05) is 26.8 Å². The van der Waals surface area contributed by atoms with Gasteiger partial charge in [0.2, 0.25) is 0 Å². The van der Waals surface area contributed by atoms with Gasteiger partial charge in [0.25, 0.3) is 0 Å². The van der Waals surface area contributed by atoms with E-state index in [1.165, 1.54) is 80.8 Å². The molecule has 0 aliphatic heterocycles. The fraction of sp³-hybridized carbons (Fsp3) is 0. The lowest BCUT2D eigenvalue weighted by molar-refractivity contribution is 1.31. The van der Waals surface area contributed by atoms with Gasteiger partial charge < -0.3 is 4.90 Å². The minimum Gasteiger partial charge on any atom is -0.309 e. The predicted molar refractivity (Wildman–Crippen MR) is 225 cm³/mol. The van der Waals surface area contributed by atoms with Gasteiger partial charge in [-0.05, 0) is 85.3 Å². The minimum atomic E-state index is 1.12. The van der Waals surface area contributed by atoms with Gasteiger partial charge in [-0.25, -0.2) is 0 Å². The molecular formula is C50H33NS. The molecule has 0 atom stereocenters. The third kappa shape index (κ3) is 5.16. The van der Waals surface area contributed by atoms with Crippen LogP contribution in [0.5, 0.6) is 0 Å². The SMILES string of the molecule is c1ccc(-c2ccc(N(c3ccc4ccc5ccccc5c4c3)c3cccc4c3sc3c(-c5ccccc5)cccc34)cc2-c2ccccc2)cc1. The zero-order valence-corrected chi connectivity index (χ0v) is 29.2. The summed E-state index contributed by atoms with van der Waals surface area (Å²) in [6.45, 7) is 0. The van der Waals surface area contributed by atoms with Crippen LogP contribution in [0.2, 0.25) is 0 Å². The van der Waals surface area contributed by atoms with Crippen LogP contribution in [-0.2, 0) is 0 Å². The molecule has 9 aromatic carbocycles. The van der Waals surface area contributed by atoms with Crippen molar-refractivity contribution in [1.29, 1.82) is 0 Å². The Balaban J connectivity index is 1.26. The first-order valence-corrected chi connectivity index (χ1v) is 18.6. The molecule has 1 heterocycles. The first-order chi connectivity index (χ1) is 25.8. The molecule has 10 rings (SSSR count). The number of rotatable bonds is 6. The van der Waals surface area contributed by atoms with Crippen LogP contribution in [0.15, 0.2) is 200 Å². The Bertz CT molecular complexity index is 2890. The van der Waals surface area contributed by atoms with Crippen LogP contribution in [0.4, 0.5) is 17.1 Å². The standard InChI is InChI=1S/C50H33NS/c1-4-14-34(15-5-1)42-31-30-40(33-46(42)36-18-8-3-9-19-36)51(39-29-28-38-27-26-37-20-10-11-21-41(37)47(38)32-39)48-25-13-24-45-44-23-12-22-43(49(44)52-50(45)48)35-16-6-2-7-17-35/h1-33H. The van der Waals surface area contributed by atoms with Crippen molar-refractivity contribution in [1.82, 2.24) is 0 Å². The van der Waals surface area contributed by atoms with Crippen LogP contribution in [0.1, 0.15) is 0 Å². The zero-order valence-electron chi connectivity index (χ0n) is 28.4. The molecule has 52 heavy (non-hydrogen) atoms. The second kappa shape index (κ2) is 12.7. The normalized spacial score (nSPS) is 11.5. The summed E-state index contributed by atoms with van der Waals surface area (Å²) < 4.78 is 2.58. The first kappa shape index (κ1) is 30.4. The van der Waals surface area contributed by atoms with E-state index in [0.29, 0.717) is 0 Å². The Morgan fingerprint density at radius 1 is 0.308 bits per heavy atom. The summed E-state index contributed by atoms with van der Waals surface area (Å²) in [5.41, 5.74) is 10.7. The number of benzene rings is 9. The van der Waals surface area contributed by atoms with Gasteiger partial charge in [0.1, 0.15) is 0 Å². The van der Waals surface area contributed by atoms with E-state index >= 15 is 0 Å². The molecule has 0 saturated carbocycles. The molecule has 244 valence electrons. The van der Waals surface area contributed by atoms with Gasteiger partial charge in [-0.2, -0.15) is 0 Å². The molecule has 0 aliphatic rings. The molecule has 0 saturated heterocycles. The van der Waals surface area contributed by atoms with Crippen molar-refractivity contribution in [3.63, 3.8) is 0 Å². The number of thiophene rings is 1. The number of nitrogens with zero attached hydrogens (tertiary/aromatic N) is 1. The smallest absolute Gasteiger partial charge is 0.0640 e. The van der Waals surface area contributed by atoms with Crippen molar-refractivity contribution >= 4 is 70.1 Å². The second-order valence-electron chi connectivity index (χ2n) is 13.3. The van der Waals surface area contributed by atoms with Crippen molar-refractivity contribution in [2.45, 2.75) is 0 Å². The fourth-order valence-electron chi connectivity index (χ4n) is 7.78. The summed E-state index contributed by atoms with van der Waals surface area (Å²) in [6, 6.07) is 72.9. The Kier molecular flexibility index (Phi) is 7.41. The van der Waals surface area contributed by atoms with Gasteiger partial charge in [-0.15, -0.1) is 11.3 Å². The molecule has 0 aliphatic carbocycles. The molecular weight excluding hydrogens is 647 g/mol. The van der Waals surface area contributed by atoms with Crippen molar-refractivity contribution in [3.05, 3.63) is 200 Å². The molecule has 0 unspecified atom stereocenters. The van der Waals surface area contributed by atoms with Crippen molar-refractivity contribution in [3.8, 4) is 33.4 Å². The Morgan fingerprint density at radius 3 is 1.56 bits per heavy atom. The van der Waals surface area contributed by atoms with E-state index in [1.807, 2.05) is 11.3 Å². The number of anilines is 3. The molecule has 0 radical (unpaired) electrons. The van der Waals surface area contributed by atoms with Gasteiger partial charge in [0.15, 0.2) is 0 Å². The van der Waals surface area contributed by atoms with Gasteiger partial charge >= 0.3 is 0 Å². The highest BCUT2D eigenvalue weighted by molar-refractivity contribution is 7.27. The summed E-state index contributed by atoms with van der Waals surface area (Å²) in [5.74, 6) is 0. The third-order valence-electron chi connectivity index (χ3n) is 10.2. The van der Waals surface area contributed by atoms with Crippen LogP contribution < -0.4 is 4.90 Å². The summed E-state index contributed by atoms with van der Waals surface area (Å²) in [6.07, 6.45) is 0. The topological polar surface area (TPSA) is 3.24 Å². The molecule has 1 aromatic heterocycles. The molecule has 2 heteroatoms. The van der Waals surface area contributed by atoms with E-state index in [0.717, 1.165) is 11.4 Å². The summed E-state index contributed by atoms with van der Waals surface area (Å²) in [7, 11) is 0. The van der Waals surface area contributed by atoms with Crippen LogP contribution in [0, 0.1) is 0 Å². The predicted octanol–water partition coefficient (Wildman–Crippen LogP) is 14.8. The van der Waals surface area contributed by atoms with Crippen LogP contribution in [-0.4, -0.2) is 0 Å². The van der Waals surface area contributed by atoms with E-state index in [9.17, 15) is 0 Å². The minimum absolute atomic E-state index is 1.12. The quantitative estimate of drug-likeness (QED) is 0.158. The van der Waals surface area contributed by atoms with E-state index in [-0.39, 0.29) is 0 Å². The lowest BCUT2D eigenvalue weighted by Crippen LogP contribution is -2.10. The van der Waals surface area contributed by atoms with E-state index in [4.69, 9.17) is 0 Å². The van der Waals surface area contributed by atoms with Crippen LogP contribution >= 0.6 is 11.3 Å². The highest BCUT2D eigenvalue weighted by atomic mass is 32.1. The fourth-order valence-corrected chi connectivity index (χ4v) is 9.12. The van der Waals surface area contributed by atoms with Crippen molar-refractivity contribution in [2.24, 2.45) is 0 Å². The van der Waals surface area contributed by atoms with Crippen LogP contribution in [0.25, 0.3) is 75.1 Å². The molecule has 0 fully saturated rings. The first-order valence-electron chi connectivity index (χ1n) is 17.8. The Morgan fingerprint density at radius 2 is 0.827 bits per heavy atom.